The van der Waals surface area contributed by atoms with E-state index in [4.69, 9.17) is 4.74 Å². The zero-order valence-corrected chi connectivity index (χ0v) is 15.1. The molecule has 0 radical (unpaired) electrons. The van der Waals surface area contributed by atoms with Crippen molar-refractivity contribution in [2.45, 2.75) is 91.2 Å². The lowest BCUT2D eigenvalue weighted by atomic mass is 10.1. The van der Waals surface area contributed by atoms with Crippen molar-refractivity contribution in [3.05, 3.63) is 0 Å². The van der Waals surface area contributed by atoms with Crippen molar-refractivity contribution in [2.75, 3.05) is 20.6 Å². The van der Waals surface area contributed by atoms with Crippen molar-refractivity contribution < 1.29 is 14.0 Å². The first-order chi connectivity index (χ1) is 9.90. The molecule has 0 aromatic rings. The van der Waals surface area contributed by atoms with Crippen LogP contribution < -0.4 is 0 Å². The second-order valence-corrected chi connectivity index (χ2v) is 6.89. The molecule has 126 valence electrons. The number of nitrogens with zero attached hydrogens (tertiary/aromatic N) is 1. The molecule has 0 amide bonds. The Morgan fingerprint density at radius 3 is 1.76 bits per heavy atom. The summed E-state index contributed by atoms with van der Waals surface area (Å²) in [4.78, 5) is 11.0. The maximum atomic E-state index is 11.0. The molecule has 0 rings (SSSR count). The molecule has 0 aromatic heterocycles. The fourth-order valence-corrected chi connectivity index (χ4v) is 2.57. The minimum Gasteiger partial charge on any atom is -0.413 e. The first kappa shape index (κ1) is 20.4. The molecule has 0 aromatic carbocycles. The number of ether oxygens (including phenoxy) is 1. The van der Waals surface area contributed by atoms with Gasteiger partial charge in [0.15, 0.2) is 0 Å². The van der Waals surface area contributed by atoms with E-state index in [0.717, 1.165) is 11.0 Å². The highest BCUT2D eigenvalue weighted by molar-refractivity contribution is 5.65. The molecule has 0 bridgehead atoms. The van der Waals surface area contributed by atoms with Gasteiger partial charge in [0.2, 0.25) is 6.23 Å². The summed E-state index contributed by atoms with van der Waals surface area (Å²) in [5, 5.41) is 0. The summed E-state index contributed by atoms with van der Waals surface area (Å²) < 4.78 is 6.05. The van der Waals surface area contributed by atoms with Crippen LogP contribution in [0.5, 0.6) is 0 Å². The Kier molecular flexibility index (Phi) is 11.7. The van der Waals surface area contributed by atoms with Gasteiger partial charge in [-0.2, -0.15) is 0 Å². The van der Waals surface area contributed by atoms with Crippen LogP contribution in [-0.4, -0.2) is 37.3 Å². The van der Waals surface area contributed by atoms with E-state index in [9.17, 15) is 4.79 Å². The van der Waals surface area contributed by atoms with Gasteiger partial charge in [0.25, 0.3) is 0 Å². The quantitative estimate of drug-likeness (QED) is 0.209. The largest absolute Gasteiger partial charge is 0.413 e. The molecule has 0 heterocycles. The summed E-state index contributed by atoms with van der Waals surface area (Å²) >= 11 is 0. The zero-order chi connectivity index (χ0) is 16.1. The molecule has 0 aliphatic heterocycles. The van der Waals surface area contributed by atoms with Crippen LogP contribution in [0, 0.1) is 0 Å². The third kappa shape index (κ3) is 11.7. The SMILES string of the molecule is CCCCCCCCCCCC[N+](C)(C)C(C)OC(C)=O. The molecule has 0 fully saturated rings. The van der Waals surface area contributed by atoms with Gasteiger partial charge in [0.05, 0.1) is 20.6 Å². The number of hydrogen-bond acceptors (Lipinski definition) is 2. The Morgan fingerprint density at radius 1 is 0.905 bits per heavy atom. The zero-order valence-electron chi connectivity index (χ0n) is 15.1. The monoisotopic (exact) mass is 300 g/mol. The first-order valence-corrected chi connectivity index (χ1v) is 8.90. The van der Waals surface area contributed by atoms with Gasteiger partial charge in [-0.15, -0.1) is 0 Å². The summed E-state index contributed by atoms with van der Waals surface area (Å²) in [5.74, 6) is -0.184. The van der Waals surface area contributed by atoms with Gasteiger partial charge in [0, 0.05) is 13.8 Å². The highest BCUT2D eigenvalue weighted by Gasteiger charge is 2.25. The Morgan fingerprint density at radius 2 is 1.33 bits per heavy atom. The molecular weight excluding hydrogens is 262 g/mol. The van der Waals surface area contributed by atoms with Crippen molar-refractivity contribution in [3.8, 4) is 0 Å². The van der Waals surface area contributed by atoms with Crippen LogP contribution in [0.15, 0.2) is 0 Å². The summed E-state index contributed by atoms with van der Waals surface area (Å²) in [7, 11) is 4.28. The second kappa shape index (κ2) is 12.0. The fraction of sp³-hybridized carbons (Fsp3) is 0.944. The van der Waals surface area contributed by atoms with E-state index in [1.165, 1.54) is 71.1 Å². The molecule has 1 atom stereocenters. The molecule has 1 unspecified atom stereocenters. The molecule has 0 N–H and O–H groups in total. The number of carbonyl (C=O) groups excluding carboxylic acids is 1. The Hall–Kier alpha value is -0.570. The fourth-order valence-electron chi connectivity index (χ4n) is 2.57. The molecule has 0 saturated carbocycles. The van der Waals surface area contributed by atoms with E-state index in [1.807, 2.05) is 6.92 Å². The van der Waals surface area contributed by atoms with Crippen LogP contribution in [-0.2, 0) is 9.53 Å². The van der Waals surface area contributed by atoms with Crippen molar-refractivity contribution in [3.63, 3.8) is 0 Å². The van der Waals surface area contributed by atoms with Crippen LogP contribution in [0.2, 0.25) is 0 Å². The number of quaternary nitrogens is 1. The van der Waals surface area contributed by atoms with E-state index >= 15 is 0 Å². The molecule has 0 aliphatic carbocycles. The maximum absolute atomic E-state index is 11.0. The van der Waals surface area contributed by atoms with Crippen LogP contribution in [0.3, 0.4) is 0 Å². The average Bonchev–Trinajstić information content (AvgIpc) is 2.40. The minimum atomic E-state index is -0.184. The van der Waals surface area contributed by atoms with Gasteiger partial charge in [-0.3, -0.25) is 9.28 Å². The summed E-state index contributed by atoms with van der Waals surface area (Å²) in [6.07, 6.45) is 13.5. The molecule has 0 saturated heterocycles. The van der Waals surface area contributed by atoms with Crippen LogP contribution in [0.4, 0.5) is 0 Å². The van der Waals surface area contributed by atoms with Crippen LogP contribution in [0.1, 0.15) is 85.0 Å². The van der Waals surface area contributed by atoms with E-state index in [-0.39, 0.29) is 12.2 Å². The highest BCUT2D eigenvalue weighted by atomic mass is 16.6. The van der Waals surface area contributed by atoms with Crippen LogP contribution >= 0.6 is 0 Å². The van der Waals surface area contributed by atoms with Gasteiger partial charge >= 0.3 is 5.97 Å². The van der Waals surface area contributed by atoms with Gasteiger partial charge in [-0.1, -0.05) is 58.3 Å². The van der Waals surface area contributed by atoms with Crippen molar-refractivity contribution in [2.24, 2.45) is 0 Å². The van der Waals surface area contributed by atoms with Crippen molar-refractivity contribution in [1.29, 1.82) is 0 Å². The number of carbonyl (C=O) groups is 1. The number of unbranched alkanes of at least 4 members (excludes halogenated alkanes) is 9. The van der Waals surface area contributed by atoms with Crippen molar-refractivity contribution in [1.82, 2.24) is 0 Å². The van der Waals surface area contributed by atoms with Crippen molar-refractivity contribution >= 4 is 5.97 Å². The third-order valence-electron chi connectivity index (χ3n) is 4.41. The standard InChI is InChI=1S/C18H38NO2/c1-6-7-8-9-10-11-12-13-14-15-16-19(4,5)17(2)21-18(3)20/h17H,6-16H2,1-5H3/q+1. The topological polar surface area (TPSA) is 26.3 Å². The van der Waals surface area contributed by atoms with Crippen LogP contribution in [0.25, 0.3) is 0 Å². The number of esters is 1. The predicted octanol–water partition coefficient (Wildman–Crippen LogP) is 4.89. The molecule has 21 heavy (non-hydrogen) atoms. The minimum absolute atomic E-state index is 0.0546. The third-order valence-corrected chi connectivity index (χ3v) is 4.41. The van der Waals surface area contributed by atoms with Gasteiger partial charge in [0.1, 0.15) is 0 Å². The molecule has 3 heteroatoms. The molecular formula is C18H38NO2+. The smallest absolute Gasteiger partial charge is 0.307 e. The van der Waals surface area contributed by atoms with E-state index in [0.29, 0.717) is 0 Å². The highest BCUT2D eigenvalue weighted by Crippen LogP contribution is 2.14. The molecule has 3 nitrogen and oxygen atoms in total. The number of hydrogen-bond donors (Lipinski definition) is 0. The predicted molar refractivity (Wildman–Crippen MR) is 90.0 cm³/mol. The number of rotatable bonds is 13. The Balaban J connectivity index is 3.50. The summed E-state index contributed by atoms with van der Waals surface area (Å²) in [6, 6.07) is 0. The van der Waals surface area contributed by atoms with E-state index < -0.39 is 0 Å². The summed E-state index contributed by atoms with van der Waals surface area (Å²) in [5.41, 5.74) is 0. The average molecular weight is 301 g/mol. The lowest BCUT2D eigenvalue weighted by Crippen LogP contribution is -2.49. The first-order valence-electron chi connectivity index (χ1n) is 8.90. The summed E-state index contributed by atoms with van der Waals surface area (Å²) in [6.45, 7) is 6.81. The second-order valence-electron chi connectivity index (χ2n) is 6.89. The van der Waals surface area contributed by atoms with Gasteiger partial charge in [-0.05, 0) is 12.8 Å². The van der Waals surface area contributed by atoms with Gasteiger partial charge < -0.3 is 4.74 Å². The lowest BCUT2D eigenvalue weighted by molar-refractivity contribution is -0.932. The van der Waals surface area contributed by atoms with E-state index in [1.54, 1.807) is 0 Å². The normalized spacial score (nSPS) is 13.2. The molecule has 0 spiro atoms. The van der Waals surface area contributed by atoms with E-state index in [2.05, 4.69) is 21.0 Å². The van der Waals surface area contributed by atoms with Gasteiger partial charge in [-0.25, -0.2) is 0 Å². The Bertz CT molecular complexity index is 264. The Labute approximate surface area is 132 Å². The molecule has 0 aliphatic rings. The maximum Gasteiger partial charge on any atom is 0.307 e. The lowest BCUT2D eigenvalue weighted by Gasteiger charge is -2.34.